The van der Waals surface area contributed by atoms with Gasteiger partial charge in [-0.1, -0.05) is 122 Å². The first-order chi connectivity index (χ1) is 46.2. The summed E-state index contributed by atoms with van der Waals surface area (Å²) in [6.45, 7) is 18.5. The van der Waals surface area contributed by atoms with Crippen molar-refractivity contribution in [2.24, 2.45) is 23.7 Å². The zero-order valence-electron chi connectivity index (χ0n) is 60.1. The summed E-state index contributed by atoms with van der Waals surface area (Å²) in [6.07, 6.45) is 0.773. The molecule has 27 heteroatoms. The standard InChI is InChI=1S/C71H109N13O14/c1-16-44(8)60-66(93)77-51(37-48-27-20-17-21-28-48)68(95)79(12)55(38-49-29-22-18-23-30-49)65(92)78-58(47(11)85)70(97)84-34-26-31-53(84)63(90)75-50(35-41(2)3)62(89)76-52(69(96)83-32-24-19-25-33-83)39-56(86)73-45(9)61(88)72-40-57(87)81(14)59(43(6)7)71(98)80(13)54(36-42(4)5)64(91)74-46(10)67(94)82(60)15/h17-18,20-23,27-30,41-47,50-55,58-60,85H,16,19,24-26,31-40H2,1-15H3,(H,72,88)(H,73,86)(H,74,91)(H,75,90)(H,76,89)(H,77,93)(H,78,92)/t44-,45-,46-,47+,50-,51-,52-,53-,54-,55-,58-,59-,60-/m0/s1. The fraction of sp³-hybridized carbons (Fsp3) is 0.648. The minimum absolute atomic E-state index is 0.0109. The fourth-order valence-electron chi connectivity index (χ4n) is 13.0. The zero-order valence-corrected chi connectivity index (χ0v) is 60.1. The van der Waals surface area contributed by atoms with Gasteiger partial charge in [0.15, 0.2) is 0 Å². The number of aliphatic hydroxyl groups excluding tert-OH is 1. The summed E-state index contributed by atoms with van der Waals surface area (Å²) in [4.78, 5) is 197. The molecule has 8 N–H and O–H groups in total. The van der Waals surface area contributed by atoms with Crippen molar-refractivity contribution in [1.29, 1.82) is 0 Å². The highest BCUT2D eigenvalue weighted by Crippen LogP contribution is 2.24. The van der Waals surface area contributed by atoms with E-state index in [-0.39, 0.29) is 50.5 Å². The second-order valence-corrected chi connectivity index (χ2v) is 28.0. The van der Waals surface area contributed by atoms with Crippen LogP contribution in [0.25, 0.3) is 0 Å². The van der Waals surface area contributed by atoms with Gasteiger partial charge in [0.1, 0.15) is 66.5 Å². The number of rotatable bonds is 13. The number of carbonyl (C=O) groups is 13. The van der Waals surface area contributed by atoms with E-state index in [1.807, 2.05) is 34.6 Å². The van der Waals surface area contributed by atoms with E-state index < -0.39 is 174 Å². The van der Waals surface area contributed by atoms with Crippen LogP contribution in [0.1, 0.15) is 145 Å². The first-order valence-electron chi connectivity index (χ1n) is 34.7. The molecule has 0 saturated carbocycles. The van der Waals surface area contributed by atoms with Crippen molar-refractivity contribution in [3.63, 3.8) is 0 Å². The van der Waals surface area contributed by atoms with E-state index >= 15 is 14.4 Å². The molecule has 2 aromatic carbocycles. The van der Waals surface area contributed by atoms with Gasteiger partial charge in [0.05, 0.1) is 19.1 Å². The van der Waals surface area contributed by atoms with Gasteiger partial charge in [0.25, 0.3) is 0 Å². The lowest BCUT2D eigenvalue weighted by Crippen LogP contribution is -2.63. The quantitative estimate of drug-likeness (QED) is 0.141. The van der Waals surface area contributed by atoms with Crippen molar-refractivity contribution in [2.45, 2.75) is 219 Å². The molecule has 3 aliphatic heterocycles. The number of fused-ring (bicyclic) bond motifs is 1. The molecule has 2 aromatic rings. The minimum atomic E-state index is -1.68. The van der Waals surface area contributed by atoms with E-state index in [1.54, 1.807) is 81.4 Å². The third kappa shape index (κ3) is 22.0. The monoisotopic (exact) mass is 1370 g/mol. The maximum Gasteiger partial charge on any atom is 0.248 e. The van der Waals surface area contributed by atoms with Crippen LogP contribution in [0, 0.1) is 23.7 Å². The van der Waals surface area contributed by atoms with Gasteiger partial charge in [0, 0.05) is 60.7 Å². The number of hydrogen-bond donors (Lipinski definition) is 8. The van der Waals surface area contributed by atoms with Gasteiger partial charge in [-0.05, 0) is 101 Å². The van der Waals surface area contributed by atoms with Gasteiger partial charge in [0.2, 0.25) is 76.8 Å². The molecule has 3 fully saturated rings. The van der Waals surface area contributed by atoms with Crippen molar-refractivity contribution in [3.8, 4) is 0 Å². The maximum atomic E-state index is 15.4. The number of hydrogen-bond acceptors (Lipinski definition) is 14. The molecule has 0 aliphatic carbocycles. The van der Waals surface area contributed by atoms with Crippen LogP contribution in [0.4, 0.5) is 0 Å². The van der Waals surface area contributed by atoms with Gasteiger partial charge < -0.3 is 71.7 Å². The summed E-state index contributed by atoms with van der Waals surface area (Å²) in [5.74, 6) is -11.1. The van der Waals surface area contributed by atoms with Gasteiger partial charge >= 0.3 is 0 Å². The van der Waals surface area contributed by atoms with Crippen molar-refractivity contribution < 1.29 is 67.4 Å². The summed E-state index contributed by atoms with van der Waals surface area (Å²) in [5.41, 5.74) is 1.23. The predicted octanol–water partition coefficient (Wildman–Crippen LogP) is 1.43. The van der Waals surface area contributed by atoms with Crippen LogP contribution < -0.4 is 37.2 Å². The lowest BCUT2D eigenvalue weighted by Gasteiger charge is -2.38. The topological polar surface area (TPSA) is 346 Å². The third-order valence-corrected chi connectivity index (χ3v) is 18.8. The number of likely N-dealkylation sites (tertiary alicyclic amines) is 1. The van der Waals surface area contributed by atoms with E-state index in [2.05, 4.69) is 37.2 Å². The fourth-order valence-corrected chi connectivity index (χ4v) is 13.0. The van der Waals surface area contributed by atoms with Crippen molar-refractivity contribution in [1.82, 2.24) is 66.6 Å². The Bertz CT molecular complexity index is 3110. The first-order valence-corrected chi connectivity index (χ1v) is 34.7. The summed E-state index contributed by atoms with van der Waals surface area (Å²) >= 11 is 0. The van der Waals surface area contributed by atoms with Gasteiger partial charge in [-0.2, -0.15) is 0 Å². The largest absolute Gasteiger partial charge is 0.391 e. The molecule has 0 aromatic heterocycles. The summed E-state index contributed by atoms with van der Waals surface area (Å²) in [7, 11) is 5.60. The summed E-state index contributed by atoms with van der Waals surface area (Å²) in [5, 5.41) is 30.4. The molecule has 3 saturated heterocycles. The Morgan fingerprint density at radius 3 is 1.64 bits per heavy atom. The molecule has 0 radical (unpaired) electrons. The number of carbonyl (C=O) groups excluding carboxylic acids is 13. The number of nitrogens with one attached hydrogen (secondary N) is 7. The third-order valence-electron chi connectivity index (χ3n) is 18.8. The highest BCUT2D eigenvalue weighted by Gasteiger charge is 2.45. The van der Waals surface area contributed by atoms with E-state index in [0.29, 0.717) is 49.9 Å². The number of likely N-dealkylation sites (N-methyl/N-ethyl adjacent to an activating group) is 4. The predicted molar refractivity (Wildman–Crippen MR) is 367 cm³/mol. The van der Waals surface area contributed by atoms with Crippen LogP contribution in [0.15, 0.2) is 60.7 Å². The average molecular weight is 1370 g/mol. The molecule has 98 heavy (non-hydrogen) atoms. The van der Waals surface area contributed by atoms with Crippen LogP contribution in [0.5, 0.6) is 0 Å². The molecule has 0 unspecified atom stereocenters. The number of amides is 13. The molecule has 3 aliphatic rings. The second-order valence-electron chi connectivity index (χ2n) is 28.0. The Morgan fingerprint density at radius 2 is 1.08 bits per heavy atom. The molecular formula is C71H109N13O14. The lowest BCUT2D eigenvalue weighted by atomic mass is 9.95. The Labute approximate surface area is 577 Å². The first kappa shape index (κ1) is 80.2. The van der Waals surface area contributed by atoms with Crippen LogP contribution in [0.3, 0.4) is 0 Å². The number of nitrogens with zero attached hydrogens (tertiary/aromatic N) is 6. The lowest BCUT2D eigenvalue weighted by molar-refractivity contribution is -0.150. The molecule has 542 valence electrons. The van der Waals surface area contributed by atoms with E-state index in [4.69, 9.17) is 0 Å². The van der Waals surface area contributed by atoms with Gasteiger partial charge in [-0.15, -0.1) is 0 Å². The molecule has 0 bridgehead atoms. The average Bonchev–Trinajstić information content (AvgIpc) is 1.57. The molecule has 27 nitrogen and oxygen atoms in total. The van der Waals surface area contributed by atoms with Crippen molar-refractivity contribution in [2.75, 3.05) is 54.4 Å². The molecule has 13 amide bonds. The summed E-state index contributed by atoms with van der Waals surface area (Å²) < 4.78 is 0. The highest BCUT2D eigenvalue weighted by molar-refractivity contribution is 6.00. The van der Waals surface area contributed by atoms with E-state index in [1.165, 1.54) is 68.6 Å². The van der Waals surface area contributed by atoms with Gasteiger partial charge in [-0.3, -0.25) is 62.3 Å². The van der Waals surface area contributed by atoms with Crippen LogP contribution in [-0.2, 0) is 75.2 Å². The SMILES string of the molecule is CC[C@H](C)[C@H]1C(=O)N[C@@H](Cc2ccccc2)C(=O)N(C)[C@@H](Cc2ccccc2)C(=O)N[C@@H]([C@@H](C)O)C(=O)N2CCC[C@H]2C(=O)N[C@@H](CC(C)C)C(=O)N[C@H](C(=O)N2CCCCC2)CC(=O)N[C@@H](C)C(=O)NCC(=O)N(C)[C@@H](C(C)C)C(=O)N(C)[C@@H](CC(C)C)C(=O)N[C@@H](C)C(=O)N1C. The van der Waals surface area contributed by atoms with Gasteiger partial charge in [-0.25, -0.2) is 0 Å². The normalized spacial score (nSPS) is 27.0. The second kappa shape index (κ2) is 37.5. The molecule has 3 heterocycles. The Hall–Kier alpha value is -8.49. The molecule has 0 spiro atoms. The summed E-state index contributed by atoms with van der Waals surface area (Å²) in [6, 6.07) is 2.93. The van der Waals surface area contributed by atoms with E-state index in [9.17, 15) is 53.1 Å². The Kier molecular flexibility index (Phi) is 30.7. The van der Waals surface area contributed by atoms with Crippen molar-refractivity contribution in [3.05, 3.63) is 71.8 Å². The maximum absolute atomic E-state index is 15.4. The molecule has 13 atom stereocenters. The smallest absolute Gasteiger partial charge is 0.248 e. The van der Waals surface area contributed by atoms with Crippen LogP contribution in [0.2, 0.25) is 0 Å². The number of piperidine rings is 1. The van der Waals surface area contributed by atoms with Crippen LogP contribution in [-0.4, -0.2) is 238 Å². The number of aliphatic hydroxyl groups is 1. The Balaban J connectivity index is 1.60. The van der Waals surface area contributed by atoms with E-state index in [0.717, 1.165) is 16.2 Å². The number of benzene rings is 2. The zero-order chi connectivity index (χ0) is 73.0. The molecular weight excluding hydrogens is 1260 g/mol. The van der Waals surface area contributed by atoms with Crippen molar-refractivity contribution >= 4 is 76.8 Å². The Morgan fingerprint density at radius 1 is 0.520 bits per heavy atom. The minimum Gasteiger partial charge on any atom is -0.391 e. The molecule has 5 rings (SSSR count). The van der Waals surface area contributed by atoms with Crippen LogP contribution >= 0.6 is 0 Å². The highest BCUT2D eigenvalue weighted by atomic mass is 16.3.